The Labute approximate surface area is 119 Å². The molecular weight excluding hydrogens is 271 g/mol. The van der Waals surface area contributed by atoms with Crippen LogP contribution in [0.15, 0.2) is 47.8 Å². The predicted molar refractivity (Wildman–Crippen MR) is 77.8 cm³/mol. The van der Waals surface area contributed by atoms with Crippen molar-refractivity contribution in [2.24, 2.45) is 5.18 Å². The standard InChI is InChI=1S/C15H9FN4O/c16-11-6-13(19-21)12(18)7-15(11)20-4-3-10-5-9(8-17)1-2-14(10)20/h1-7H,18H2. The average molecular weight is 280 g/mol. The lowest BCUT2D eigenvalue weighted by Crippen LogP contribution is -1.98. The topological polar surface area (TPSA) is 84.2 Å². The Hall–Kier alpha value is -3.20. The molecule has 0 aliphatic heterocycles. The molecule has 21 heavy (non-hydrogen) atoms. The lowest BCUT2D eigenvalue weighted by atomic mass is 10.2. The predicted octanol–water partition coefficient (Wildman–Crippen LogP) is 3.62. The largest absolute Gasteiger partial charge is 0.397 e. The van der Waals surface area contributed by atoms with Crippen LogP contribution in [0, 0.1) is 22.1 Å². The van der Waals surface area contributed by atoms with Gasteiger partial charge in [-0.3, -0.25) is 0 Å². The first-order valence-corrected chi connectivity index (χ1v) is 6.08. The second-order valence-electron chi connectivity index (χ2n) is 4.52. The van der Waals surface area contributed by atoms with Gasteiger partial charge >= 0.3 is 0 Å². The van der Waals surface area contributed by atoms with Gasteiger partial charge in [0.2, 0.25) is 0 Å². The molecule has 2 aromatic carbocycles. The Kier molecular flexibility index (Phi) is 2.88. The number of hydrogen-bond acceptors (Lipinski definition) is 4. The zero-order chi connectivity index (χ0) is 15.0. The number of aromatic nitrogens is 1. The minimum Gasteiger partial charge on any atom is -0.397 e. The van der Waals surface area contributed by atoms with E-state index in [1.54, 1.807) is 35.0 Å². The Morgan fingerprint density at radius 3 is 2.76 bits per heavy atom. The van der Waals surface area contributed by atoms with Gasteiger partial charge in [-0.05, 0) is 35.5 Å². The van der Waals surface area contributed by atoms with Crippen molar-refractivity contribution in [3.63, 3.8) is 0 Å². The molecule has 3 rings (SSSR count). The van der Waals surface area contributed by atoms with Crippen molar-refractivity contribution in [2.45, 2.75) is 0 Å². The fourth-order valence-electron chi connectivity index (χ4n) is 2.25. The second-order valence-corrected chi connectivity index (χ2v) is 4.52. The van der Waals surface area contributed by atoms with Crippen LogP contribution >= 0.6 is 0 Å². The zero-order valence-corrected chi connectivity index (χ0v) is 10.7. The van der Waals surface area contributed by atoms with E-state index in [4.69, 9.17) is 11.0 Å². The van der Waals surface area contributed by atoms with E-state index in [-0.39, 0.29) is 17.1 Å². The van der Waals surface area contributed by atoms with Gasteiger partial charge in [0.1, 0.15) is 11.5 Å². The smallest absolute Gasteiger partial charge is 0.149 e. The summed E-state index contributed by atoms with van der Waals surface area (Å²) < 4.78 is 15.7. The van der Waals surface area contributed by atoms with E-state index in [0.29, 0.717) is 5.56 Å². The van der Waals surface area contributed by atoms with Crippen LogP contribution < -0.4 is 5.73 Å². The molecule has 1 heterocycles. The summed E-state index contributed by atoms with van der Waals surface area (Å²) in [6.45, 7) is 0. The maximum Gasteiger partial charge on any atom is 0.149 e. The third-order valence-electron chi connectivity index (χ3n) is 3.27. The Bertz CT molecular complexity index is 908. The number of nitrogen functional groups attached to an aromatic ring is 1. The summed E-state index contributed by atoms with van der Waals surface area (Å²) >= 11 is 0. The summed E-state index contributed by atoms with van der Waals surface area (Å²) in [7, 11) is 0. The Morgan fingerprint density at radius 1 is 1.24 bits per heavy atom. The summed E-state index contributed by atoms with van der Waals surface area (Å²) in [6.07, 6.45) is 1.68. The third kappa shape index (κ3) is 2.01. The number of hydrogen-bond donors (Lipinski definition) is 1. The van der Waals surface area contributed by atoms with E-state index in [9.17, 15) is 9.30 Å². The van der Waals surface area contributed by atoms with Crippen LogP contribution in [0.5, 0.6) is 0 Å². The molecule has 0 aliphatic carbocycles. The van der Waals surface area contributed by atoms with Crippen LogP contribution in [0.25, 0.3) is 16.6 Å². The van der Waals surface area contributed by atoms with Crippen molar-refractivity contribution in [3.05, 3.63) is 58.9 Å². The van der Waals surface area contributed by atoms with Gasteiger partial charge in [0.05, 0.1) is 28.5 Å². The van der Waals surface area contributed by atoms with Gasteiger partial charge in [-0.15, -0.1) is 4.91 Å². The van der Waals surface area contributed by atoms with Gasteiger partial charge in [0, 0.05) is 17.6 Å². The minimum atomic E-state index is -0.597. The average Bonchev–Trinajstić information content (AvgIpc) is 2.91. The van der Waals surface area contributed by atoms with Gasteiger partial charge in [0.15, 0.2) is 0 Å². The van der Waals surface area contributed by atoms with Gasteiger partial charge in [-0.25, -0.2) is 4.39 Å². The molecule has 0 radical (unpaired) electrons. The number of benzene rings is 2. The van der Waals surface area contributed by atoms with Crippen molar-refractivity contribution >= 4 is 22.3 Å². The van der Waals surface area contributed by atoms with Crippen LogP contribution in [-0.4, -0.2) is 4.57 Å². The number of nitrogens with zero attached hydrogens (tertiary/aromatic N) is 3. The third-order valence-corrected chi connectivity index (χ3v) is 3.27. The highest BCUT2D eigenvalue weighted by molar-refractivity contribution is 5.84. The van der Waals surface area contributed by atoms with Gasteiger partial charge in [-0.2, -0.15) is 5.26 Å². The van der Waals surface area contributed by atoms with Crippen molar-refractivity contribution < 1.29 is 4.39 Å². The van der Waals surface area contributed by atoms with E-state index < -0.39 is 5.82 Å². The molecule has 5 nitrogen and oxygen atoms in total. The molecule has 0 atom stereocenters. The normalized spacial score (nSPS) is 10.5. The molecule has 1 aromatic heterocycles. The van der Waals surface area contributed by atoms with Crippen LogP contribution in [0.3, 0.4) is 0 Å². The van der Waals surface area contributed by atoms with E-state index in [0.717, 1.165) is 17.0 Å². The number of halogens is 1. The number of anilines is 1. The molecule has 0 fully saturated rings. The molecule has 0 amide bonds. The zero-order valence-electron chi connectivity index (χ0n) is 10.7. The lowest BCUT2D eigenvalue weighted by Gasteiger charge is -2.09. The first kappa shape index (κ1) is 12.8. The quantitative estimate of drug-likeness (QED) is 0.574. The monoisotopic (exact) mass is 280 g/mol. The highest BCUT2D eigenvalue weighted by Gasteiger charge is 2.12. The fraction of sp³-hybridized carbons (Fsp3) is 0. The molecule has 0 spiro atoms. The minimum absolute atomic E-state index is 0.108. The Morgan fingerprint density at radius 2 is 2.05 bits per heavy atom. The number of fused-ring (bicyclic) bond motifs is 1. The molecule has 102 valence electrons. The van der Waals surface area contributed by atoms with Gasteiger partial charge < -0.3 is 10.3 Å². The molecular formula is C15H9FN4O. The fourth-order valence-corrected chi connectivity index (χ4v) is 2.25. The summed E-state index contributed by atoms with van der Waals surface area (Å²) in [4.78, 5) is 10.5. The first-order chi connectivity index (χ1) is 10.1. The van der Waals surface area contributed by atoms with Crippen LogP contribution in [0.4, 0.5) is 15.8 Å². The molecule has 2 N–H and O–H groups in total. The molecule has 3 aromatic rings. The van der Waals surface area contributed by atoms with E-state index in [2.05, 4.69) is 11.2 Å². The van der Waals surface area contributed by atoms with E-state index in [1.165, 1.54) is 6.07 Å². The first-order valence-electron chi connectivity index (χ1n) is 6.08. The second kappa shape index (κ2) is 4.72. The van der Waals surface area contributed by atoms with Crippen molar-refractivity contribution in [2.75, 3.05) is 5.73 Å². The molecule has 0 unspecified atom stereocenters. The molecule has 0 bridgehead atoms. The van der Waals surface area contributed by atoms with E-state index in [1.807, 2.05) is 0 Å². The van der Waals surface area contributed by atoms with Crippen molar-refractivity contribution in [3.8, 4) is 11.8 Å². The number of nitrogens with two attached hydrogens (primary N) is 1. The summed E-state index contributed by atoms with van der Waals surface area (Å²) in [6, 6.07) is 11.3. The summed E-state index contributed by atoms with van der Waals surface area (Å²) in [5.41, 5.74) is 7.15. The van der Waals surface area contributed by atoms with Gasteiger partial charge in [0.25, 0.3) is 0 Å². The lowest BCUT2D eigenvalue weighted by molar-refractivity contribution is 0.620. The SMILES string of the molecule is N#Cc1ccc2c(ccn2-c2cc(N)c(N=O)cc2F)c1. The van der Waals surface area contributed by atoms with Crippen molar-refractivity contribution in [1.82, 2.24) is 4.57 Å². The van der Waals surface area contributed by atoms with Crippen molar-refractivity contribution in [1.29, 1.82) is 5.26 Å². The van der Waals surface area contributed by atoms with Gasteiger partial charge in [-0.1, -0.05) is 0 Å². The maximum atomic E-state index is 14.1. The highest BCUT2D eigenvalue weighted by Crippen LogP contribution is 2.30. The number of nitroso groups, excluding NO2 is 1. The van der Waals surface area contributed by atoms with E-state index >= 15 is 0 Å². The Balaban J connectivity index is 2.24. The van der Waals surface area contributed by atoms with Crippen LogP contribution in [0.1, 0.15) is 5.56 Å². The molecule has 0 saturated heterocycles. The van der Waals surface area contributed by atoms with Crippen LogP contribution in [-0.2, 0) is 0 Å². The molecule has 0 aliphatic rings. The molecule has 6 heteroatoms. The number of nitriles is 1. The highest BCUT2D eigenvalue weighted by atomic mass is 19.1. The number of rotatable bonds is 2. The summed E-state index contributed by atoms with van der Waals surface area (Å²) in [5.74, 6) is -0.597. The van der Waals surface area contributed by atoms with Crippen LogP contribution in [0.2, 0.25) is 0 Å². The summed E-state index contributed by atoms with van der Waals surface area (Å²) in [5, 5.41) is 12.4. The molecule has 0 saturated carbocycles. The maximum absolute atomic E-state index is 14.1.